The monoisotopic (exact) mass is 228 g/mol. The Morgan fingerprint density at radius 1 is 1.40 bits per heavy atom. The summed E-state index contributed by atoms with van der Waals surface area (Å²) in [6.07, 6.45) is -0.666. The van der Waals surface area contributed by atoms with Crippen molar-refractivity contribution in [3.8, 4) is 5.75 Å². The molecule has 0 saturated carbocycles. The van der Waals surface area contributed by atoms with Crippen LogP contribution in [0.3, 0.4) is 0 Å². The lowest BCUT2D eigenvalue weighted by atomic mass is 9.98. The minimum Gasteiger partial charge on any atom is -0.496 e. The summed E-state index contributed by atoms with van der Waals surface area (Å²) < 4.78 is 5.18. The van der Waals surface area contributed by atoms with Crippen LogP contribution in [-0.2, 0) is 0 Å². The third kappa shape index (κ3) is 2.86. The number of rotatable bonds is 4. The van der Waals surface area contributed by atoms with Gasteiger partial charge in [-0.1, -0.05) is 19.9 Å². The van der Waals surface area contributed by atoms with Gasteiger partial charge in [0.1, 0.15) is 5.75 Å². The first-order valence-electron chi connectivity index (χ1n) is 5.02. The molecule has 1 aromatic rings. The number of halogens is 1. The minimum atomic E-state index is -0.666. The van der Waals surface area contributed by atoms with E-state index in [0.29, 0.717) is 11.7 Å². The maximum absolute atomic E-state index is 9.74. The van der Waals surface area contributed by atoms with E-state index in [-0.39, 0.29) is 5.88 Å². The highest BCUT2D eigenvalue weighted by Gasteiger charge is 2.13. The van der Waals surface area contributed by atoms with E-state index in [1.165, 1.54) is 5.56 Å². The molecule has 0 aliphatic rings. The number of hydrogen-bond donors (Lipinski definition) is 1. The van der Waals surface area contributed by atoms with E-state index in [1.54, 1.807) is 7.11 Å². The molecule has 1 aromatic carbocycles. The first kappa shape index (κ1) is 12.3. The molecule has 84 valence electrons. The highest BCUT2D eigenvalue weighted by atomic mass is 35.5. The van der Waals surface area contributed by atoms with E-state index < -0.39 is 6.10 Å². The third-order valence-electron chi connectivity index (χ3n) is 2.43. The van der Waals surface area contributed by atoms with Crippen LogP contribution in [0, 0.1) is 0 Å². The molecule has 2 nitrogen and oxygen atoms in total. The van der Waals surface area contributed by atoms with Gasteiger partial charge in [0.05, 0.1) is 19.1 Å². The van der Waals surface area contributed by atoms with Gasteiger partial charge in [0.15, 0.2) is 0 Å². The second-order valence-corrected chi connectivity index (χ2v) is 4.13. The first-order valence-corrected chi connectivity index (χ1v) is 5.55. The average Bonchev–Trinajstić information content (AvgIpc) is 2.27. The maximum Gasteiger partial charge on any atom is 0.124 e. The van der Waals surface area contributed by atoms with Crippen LogP contribution in [0.5, 0.6) is 5.75 Å². The highest BCUT2D eigenvalue weighted by Crippen LogP contribution is 2.29. The lowest BCUT2D eigenvalue weighted by Gasteiger charge is -2.15. The second-order valence-electron chi connectivity index (χ2n) is 3.83. The Labute approximate surface area is 95.8 Å². The number of aliphatic hydroxyl groups excluding tert-OH is 1. The summed E-state index contributed by atoms with van der Waals surface area (Å²) in [6, 6.07) is 5.84. The second kappa shape index (κ2) is 5.38. The van der Waals surface area contributed by atoms with Crippen LogP contribution in [0.2, 0.25) is 0 Å². The lowest BCUT2D eigenvalue weighted by Crippen LogP contribution is -2.03. The van der Waals surface area contributed by atoms with Crippen molar-refractivity contribution in [1.82, 2.24) is 0 Å². The van der Waals surface area contributed by atoms with Gasteiger partial charge in [-0.05, 0) is 23.6 Å². The number of methoxy groups -OCH3 is 1. The van der Waals surface area contributed by atoms with Crippen LogP contribution in [0.15, 0.2) is 18.2 Å². The van der Waals surface area contributed by atoms with E-state index in [1.807, 2.05) is 18.2 Å². The third-order valence-corrected chi connectivity index (χ3v) is 2.72. The molecule has 0 radical (unpaired) electrons. The zero-order chi connectivity index (χ0) is 11.4. The predicted molar refractivity (Wildman–Crippen MR) is 62.8 cm³/mol. The molecule has 15 heavy (non-hydrogen) atoms. The van der Waals surface area contributed by atoms with Gasteiger partial charge in [0.2, 0.25) is 0 Å². The van der Waals surface area contributed by atoms with Crippen LogP contribution >= 0.6 is 11.6 Å². The summed E-state index contributed by atoms with van der Waals surface area (Å²) in [7, 11) is 1.59. The number of aliphatic hydroxyl groups is 1. The molecule has 0 aliphatic heterocycles. The molecule has 1 rings (SSSR count). The molecule has 1 N–H and O–H groups in total. The fourth-order valence-corrected chi connectivity index (χ4v) is 1.62. The van der Waals surface area contributed by atoms with E-state index in [9.17, 15) is 5.11 Å². The normalized spacial score (nSPS) is 12.9. The van der Waals surface area contributed by atoms with Gasteiger partial charge in [0, 0.05) is 5.56 Å². The largest absolute Gasteiger partial charge is 0.496 e. The zero-order valence-corrected chi connectivity index (χ0v) is 10.1. The SMILES string of the molecule is COc1ccc(C(C)C)cc1C(O)CCl. The molecule has 1 atom stereocenters. The van der Waals surface area contributed by atoms with E-state index in [2.05, 4.69) is 13.8 Å². The summed E-state index contributed by atoms with van der Waals surface area (Å²) >= 11 is 5.64. The summed E-state index contributed by atoms with van der Waals surface area (Å²) in [5, 5.41) is 9.74. The molecule has 0 bridgehead atoms. The molecule has 3 heteroatoms. The van der Waals surface area contributed by atoms with Crippen molar-refractivity contribution in [1.29, 1.82) is 0 Å². The molecule has 0 amide bonds. The molecule has 0 saturated heterocycles. The number of benzene rings is 1. The van der Waals surface area contributed by atoms with Gasteiger partial charge >= 0.3 is 0 Å². The van der Waals surface area contributed by atoms with Gasteiger partial charge in [-0.2, -0.15) is 0 Å². The van der Waals surface area contributed by atoms with Crippen LogP contribution in [0.1, 0.15) is 37.0 Å². The smallest absolute Gasteiger partial charge is 0.124 e. The molecule has 0 spiro atoms. The fourth-order valence-electron chi connectivity index (χ4n) is 1.46. The van der Waals surface area contributed by atoms with Gasteiger partial charge in [0.25, 0.3) is 0 Å². The Bertz CT molecular complexity index is 323. The maximum atomic E-state index is 9.74. The summed E-state index contributed by atoms with van der Waals surface area (Å²) in [4.78, 5) is 0. The topological polar surface area (TPSA) is 29.5 Å². The van der Waals surface area contributed by atoms with Crippen molar-refractivity contribution in [2.75, 3.05) is 13.0 Å². The van der Waals surface area contributed by atoms with Gasteiger partial charge in [-0.3, -0.25) is 0 Å². The number of ether oxygens (including phenoxy) is 1. The highest BCUT2D eigenvalue weighted by molar-refractivity contribution is 6.18. The van der Waals surface area contributed by atoms with Gasteiger partial charge in [-0.15, -0.1) is 11.6 Å². The molecular formula is C12H17ClO2. The summed E-state index contributed by atoms with van der Waals surface area (Å²) in [5.74, 6) is 1.29. The van der Waals surface area contributed by atoms with Crippen molar-refractivity contribution >= 4 is 11.6 Å². The molecule has 0 aromatic heterocycles. The van der Waals surface area contributed by atoms with E-state index in [0.717, 1.165) is 5.56 Å². The van der Waals surface area contributed by atoms with Crippen LogP contribution in [0.4, 0.5) is 0 Å². The van der Waals surface area contributed by atoms with Crippen molar-refractivity contribution in [3.05, 3.63) is 29.3 Å². The van der Waals surface area contributed by atoms with E-state index >= 15 is 0 Å². The fraction of sp³-hybridized carbons (Fsp3) is 0.500. The van der Waals surface area contributed by atoms with Crippen LogP contribution < -0.4 is 4.74 Å². The van der Waals surface area contributed by atoms with Gasteiger partial charge < -0.3 is 9.84 Å². The Morgan fingerprint density at radius 3 is 2.53 bits per heavy atom. The Hall–Kier alpha value is -0.730. The predicted octanol–water partition coefficient (Wildman–Crippen LogP) is 3.09. The van der Waals surface area contributed by atoms with Crippen molar-refractivity contribution < 1.29 is 9.84 Å². The molecule has 0 aliphatic carbocycles. The number of hydrogen-bond acceptors (Lipinski definition) is 2. The summed E-state index contributed by atoms with van der Waals surface area (Å²) in [6.45, 7) is 4.22. The van der Waals surface area contributed by atoms with Crippen molar-refractivity contribution in [2.24, 2.45) is 0 Å². The van der Waals surface area contributed by atoms with Crippen LogP contribution in [-0.4, -0.2) is 18.1 Å². The number of alkyl halides is 1. The molecule has 0 fully saturated rings. The Morgan fingerprint density at radius 2 is 2.07 bits per heavy atom. The first-order chi connectivity index (χ1) is 7.10. The standard InChI is InChI=1S/C12H17ClO2/c1-8(2)9-4-5-12(15-3)10(6-9)11(14)7-13/h4-6,8,11,14H,7H2,1-3H3. The minimum absolute atomic E-state index is 0.178. The Balaban J connectivity index is 3.13. The molecular weight excluding hydrogens is 212 g/mol. The average molecular weight is 229 g/mol. The quantitative estimate of drug-likeness (QED) is 0.803. The summed E-state index contributed by atoms with van der Waals surface area (Å²) in [5.41, 5.74) is 1.94. The lowest BCUT2D eigenvalue weighted by molar-refractivity contribution is 0.197. The van der Waals surface area contributed by atoms with Crippen molar-refractivity contribution in [2.45, 2.75) is 25.9 Å². The zero-order valence-electron chi connectivity index (χ0n) is 9.33. The van der Waals surface area contributed by atoms with E-state index in [4.69, 9.17) is 16.3 Å². The Kier molecular flexibility index (Phi) is 4.43. The molecule has 0 heterocycles. The van der Waals surface area contributed by atoms with Gasteiger partial charge in [-0.25, -0.2) is 0 Å². The molecule has 1 unspecified atom stereocenters. The van der Waals surface area contributed by atoms with Crippen molar-refractivity contribution in [3.63, 3.8) is 0 Å². The van der Waals surface area contributed by atoms with Crippen LogP contribution in [0.25, 0.3) is 0 Å².